The molecule has 70 valence electrons. The number of para-hydroxylation sites is 1. The van der Waals surface area contributed by atoms with Gasteiger partial charge in [0.05, 0.1) is 5.97 Å². The number of hydrogen-bond donors (Lipinski definition) is 0. The van der Waals surface area contributed by atoms with Crippen LogP contribution in [0.2, 0.25) is 0 Å². The maximum atomic E-state index is 12.9. The fourth-order valence-electron chi connectivity index (χ4n) is 0.779. The van der Waals surface area contributed by atoms with Crippen LogP contribution in [0.3, 0.4) is 0 Å². The summed E-state index contributed by atoms with van der Waals surface area (Å²) in [7, 11) is 0. The highest BCUT2D eigenvalue weighted by Crippen LogP contribution is 2.16. The zero-order chi connectivity index (χ0) is 9.84. The SMILES string of the molecule is C[C@@H](Oc1ccccc1F)C(=O)[O-]. The fraction of sp³-hybridized carbons (Fsp3) is 0.222. The zero-order valence-electron chi connectivity index (χ0n) is 6.99. The van der Waals surface area contributed by atoms with Crippen LogP contribution < -0.4 is 9.84 Å². The summed E-state index contributed by atoms with van der Waals surface area (Å²) in [6.45, 7) is 1.28. The molecule has 0 aliphatic heterocycles. The summed E-state index contributed by atoms with van der Waals surface area (Å²) in [5, 5.41) is 10.3. The molecule has 0 unspecified atom stereocenters. The lowest BCUT2D eigenvalue weighted by Gasteiger charge is -2.15. The molecule has 1 rings (SSSR count). The van der Waals surface area contributed by atoms with Crippen molar-refractivity contribution < 1.29 is 19.0 Å². The van der Waals surface area contributed by atoms with E-state index in [4.69, 9.17) is 4.74 Å². The standard InChI is InChI=1S/C9H9FO3/c1-6(9(11)12)13-8-5-3-2-4-7(8)10/h2-6H,1H3,(H,11,12)/p-1/t6-/m1/s1. The largest absolute Gasteiger partial charge is 0.546 e. The summed E-state index contributed by atoms with van der Waals surface area (Å²) >= 11 is 0. The Bertz CT molecular complexity index is 311. The maximum Gasteiger partial charge on any atom is 0.165 e. The molecule has 0 fully saturated rings. The van der Waals surface area contributed by atoms with Gasteiger partial charge in [-0.2, -0.15) is 0 Å². The Morgan fingerprint density at radius 2 is 2.15 bits per heavy atom. The molecular weight excluding hydrogens is 175 g/mol. The number of carbonyl (C=O) groups excluding carboxylic acids is 1. The Labute approximate surface area is 74.8 Å². The summed E-state index contributed by atoms with van der Waals surface area (Å²) in [6.07, 6.45) is -1.16. The summed E-state index contributed by atoms with van der Waals surface area (Å²) in [6, 6.07) is 5.60. The minimum Gasteiger partial charge on any atom is -0.546 e. The van der Waals surface area contributed by atoms with Crippen molar-refractivity contribution >= 4 is 5.97 Å². The zero-order valence-corrected chi connectivity index (χ0v) is 6.99. The van der Waals surface area contributed by atoms with Gasteiger partial charge in [0.15, 0.2) is 11.6 Å². The number of halogens is 1. The normalized spacial score (nSPS) is 12.2. The summed E-state index contributed by atoms with van der Waals surface area (Å²) < 4.78 is 17.6. The number of ether oxygens (including phenoxy) is 1. The van der Waals surface area contributed by atoms with Crippen molar-refractivity contribution in [3.63, 3.8) is 0 Å². The number of rotatable bonds is 3. The van der Waals surface area contributed by atoms with E-state index in [1.54, 1.807) is 6.07 Å². The fourth-order valence-corrected chi connectivity index (χ4v) is 0.779. The average Bonchev–Trinajstić information content (AvgIpc) is 2.08. The second-order valence-corrected chi connectivity index (χ2v) is 2.51. The first-order valence-corrected chi connectivity index (χ1v) is 3.73. The Balaban J connectivity index is 2.74. The van der Waals surface area contributed by atoms with Crippen LogP contribution in [-0.4, -0.2) is 12.1 Å². The van der Waals surface area contributed by atoms with Crippen molar-refractivity contribution in [2.45, 2.75) is 13.0 Å². The third-order valence-corrected chi connectivity index (χ3v) is 1.47. The van der Waals surface area contributed by atoms with Crippen molar-refractivity contribution in [2.24, 2.45) is 0 Å². The summed E-state index contributed by atoms with van der Waals surface area (Å²) in [5.74, 6) is -2.04. The van der Waals surface area contributed by atoms with Crippen molar-refractivity contribution in [1.29, 1.82) is 0 Å². The van der Waals surface area contributed by atoms with Crippen molar-refractivity contribution in [3.8, 4) is 5.75 Å². The van der Waals surface area contributed by atoms with Gasteiger partial charge in [0.2, 0.25) is 0 Å². The number of carbonyl (C=O) groups is 1. The minimum absolute atomic E-state index is 0.0841. The van der Waals surface area contributed by atoms with E-state index in [-0.39, 0.29) is 5.75 Å². The Morgan fingerprint density at radius 1 is 1.54 bits per heavy atom. The van der Waals surface area contributed by atoms with Crippen LogP contribution in [0, 0.1) is 5.82 Å². The van der Waals surface area contributed by atoms with Crippen LogP contribution in [0.4, 0.5) is 4.39 Å². The molecule has 1 aromatic rings. The smallest absolute Gasteiger partial charge is 0.165 e. The van der Waals surface area contributed by atoms with Gasteiger partial charge in [0, 0.05) is 0 Å². The molecule has 1 aromatic carbocycles. The van der Waals surface area contributed by atoms with Crippen LogP contribution in [0.1, 0.15) is 6.92 Å². The van der Waals surface area contributed by atoms with Gasteiger partial charge in [-0.3, -0.25) is 0 Å². The monoisotopic (exact) mass is 183 g/mol. The van der Waals surface area contributed by atoms with Gasteiger partial charge in [-0.1, -0.05) is 12.1 Å². The van der Waals surface area contributed by atoms with Gasteiger partial charge in [-0.25, -0.2) is 4.39 Å². The molecule has 0 amide bonds. The molecule has 4 heteroatoms. The predicted molar refractivity (Wildman–Crippen MR) is 41.5 cm³/mol. The topological polar surface area (TPSA) is 49.4 Å². The van der Waals surface area contributed by atoms with Gasteiger partial charge in [0.25, 0.3) is 0 Å². The highest BCUT2D eigenvalue weighted by atomic mass is 19.1. The Hall–Kier alpha value is -1.58. The second kappa shape index (κ2) is 3.89. The number of carboxylic acid groups (broad SMARTS) is 1. The van der Waals surface area contributed by atoms with Gasteiger partial charge in [-0.05, 0) is 19.1 Å². The molecule has 0 aliphatic carbocycles. The Morgan fingerprint density at radius 3 is 2.69 bits per heavy atom. The van der Waals surface area contributed by atoms with E-state index in [2.05, 4.69) is 0 Å². The first-order valence-electron chi connectivity index (χ1n) is 3.73. The quantitative estimate of drug-likeness (QED) is 0.679. The van der Waals surface area contributed by atoms with Crippen LogP contribution in [0.5, 0.6) is 5.75 Å². The highest BCUT2D eigenvalue weighted by Gasteiger charge is 2.07. The molecule has 3 nitrogen and oxygen atoms in total. The van der Waals surface area contributed by atoms with Gasteiger partial charge in [-0.15, -0.1) is 0 Å². The predicted octanol–water partition coefficient (Wildman–Crippen LogP) is 0.343. The van der Waals surface area contributed by atoms with Crippen LogP contribution >= 0.6 is 0 Å². The minimum atomic E-state index is -1.37. The van der Waals surface area contributed by atoms with Crippen molar-refractivity contribution in [2.75, 3.05) is 0 Å². The molecule has 0 N–H and O–H groups in total. The first kappa shape index (κ1) is 9.51. The van der Waals surface area contributed by atoms with Crippen LogP contribution in [0.15, 0.2) is 24.3 Å². The van der Waals surface area contributed by atoms with Gasteiger partial charge >= 0.3 is 0 Å². The molecule has 0 aromatic heterocycles. The molecule has 0 heterocycles. The van der Waals surface area contributed by atoms with E-state index in [9.17, 15) is 14.3 Å². The number of carboxylic acids is 1. The molecule has 0 spiro atoms. The third-order valence-electron chi connectivity index (χ3n) is 1.47. The van der Waals surface area contributed by atoms with Crippen molar-refractivity contribution in [1.82, 2.24) is 0 Å². The second-order valence-electron chi connectivity index (χ2n) is 2.51. The lowest BCUT2D eigenvalue weighted by atomic mass is 10.3. The third kappa shape index (κ3) is 2.43. The highest BCUT2D eigenvalue weighted by molar-refractivity contribution is 5.69. The van der Waals surface area contributed by atoms with Crippen LogP contribution in [0.25, 0.3) is 0 Å². The molecule has 0 saturated carbocycles. The van der Waals surface area contributed by atoms with Gasteiger partial charge in [0.1, 0.15) is 6.10 Å². The van der Waals surface area contributed by atoms with E-state index in [0.29, 0.717) is 0 Å². The summed E-state index contributed by atoms with van der Waals surface area (Å²) in [4.78, 5) is 10.3. The van der Waals surface area contributed by atoms with Crippen LogP contribution in [-0.2, 0) is 4.79 Å². The molecule has 0 saturated heterocycles. The number of aliphatic carboxylic acids is 1. The van der Waals surface area contributed by atoms with E-state index in [1.807, 2.05) is 0 Å². The molecule has 13 heavy (non-hydrogen) atoms. The van der Waals surface area contributed by atoms with E-state index in [0.717, 1.165) is 0 Å². The van der Waals surface area contributed by atoms with E-state index < -0.39 is 17.9 Å². The lowest BCUT2D eigenvalue weighted by molar-refractivity contribution is -0.312. The number of hydrogen-bond acceptors (Lipinski definition) is 3. The number of benzene rings is 1. The molecule has 1 atom stereocenters. The summed E-state index contributed by atoms with van der Waals surface area (Å²) in [5.41, 5.74) is 0. The molecule has 0 aliphatic rings. The van der Waals surface area contributed by atoms with Gasteiger partial charge < -0.3 is 14.6 Å². The molecule has 0 radical (unpaired) electrons. The first-order chi connectivity index (χ1) is 6.11. The average molecular weight is 183 g/mol. The van der Waals surface area contributed by atoms with E-state index >= 15 is 0 Å². The van der Waals surface area contributed by atoms with E-state index in [1.165, 1.54) is 25.1 Å². The maximum absolute atomic E-state index is 12.9. The molecule has 0 bridgehead atoms. The van der Waals surface area contributed by atoms with Crippen molar-refractivity contribution in [3.05, 3.63) is 30.1 Å². The Kier molecular flexibility index (Phi) is 2.84. The molecular formula is C9H8FO3-. The lowest BCUT2D eigenvalue weighted by Crippen LogP contribution is -2.37.